The Bertz CT molecular complexity index is 1350. The molecule has 3 aliphatic heterocycles. The second-order valence-corrected chi connectivity index (χ2v) is 13.2. The first-order valence-corrected chi connectivity index (χ1v) is 15.7. The summed E-state index contributed by atoms with van der Waals surface area (Å²) >= 11 is 0. The number of hydrogen-bond donors (Lipinski definition) is 0. The Labute approximate surface area is 256 Å². The molecule has 10 heteroatoms. The average Bonchev–Trinajstić information content (AvgIpc) is 3.24. The van der Waals surface area contributed by atoms with Gasteiger partial charge in [-0.05, 0) is 91.1 Å². The van der Waals surface area contributed by atoms with Crippen LogP contribution in [0.5, 0.6) is 6.01 Å². The van der Waals surface area contributed by atoms with E-state index in [1.165, 1.54) is 23.2 Å². The summed E-state index contributed by atoms with van der Waals surface area (Å²) in [7, 11) is 2.14. The molecule has 0 aliphatic carbocycles. The number of likely N-dealkylation sites (N-methyl/N-ethyl adjacent to an activating group) is 1. The Kier molecular flexibility index (Phi) is 9.30. The number of benzene rings is 1. The van der Waals surface area contributed by atoms with Crippen molar-refractivity contribution in [2.45, 2.75) is 91.0 Å². The first-order chi connectivity index (χ1) is 20.5. The monoisotopic (exact) mass is 589 g/mol. The van der Waals surface area contributed by atoms with Crippen LogP contribution in [-0.4, -0.2) is 89.9 Å². The average molecular weight is 590 g/mol. The van der Waals surface area contributed by atoms with Crippen LogP contribution < -0.4 is 14.5 Å². The second-order valence-electron chi connectivity index (χ2n) is 13.2. The molecule has 2 aromatic rings. The third-order valence-corrected chi connectivity index (χ3v) is 8.98. The molecular weight excluding hydrogens is 542 g/mol. The van der Waals surface area contributed by atoms with Gasteiger partial charge in [0, 0.05) is 43.5 Å². The molecule has 1 unspecified atom stereocenters. The van der Waals surface area contributed by atoms with E-state index in [2.05, 4.69) is 59.9 Å². The Morgan fingerprint density at radius 1 is 1.07 bits per heavy atom. The molecule has 1 amide bonds. The Morgan fingerprint density at radius 3 is 2.60 bits per heavy atom. The number of anilines is 2. The van der Waals surface area contributed by atoms with E-state index in [0.717, 1.165) is 49.4 Å². The number of carbonyl (C=O) groups excluding carboxylic acids is 1. The fourth-order valence-electron chi connectivity index (χ4n) is 6.45. The molecule has 232 valence electrons. The van der Waals surface area contributed by atoms with Crippen LogP contribution in [-0.2, 0) is 17.7 Å². The predicted octanol–water partition coefficient (Wildman–Crippen LogP) is 4.86. The van der Waals surface area contributed by atoms with Crippen molar-refractivity contribution in [1.29, 1.82) is 5.26 Å². The van der Waals surface area contributed by atoms with Crippen molar-refractivity contribution < 1.29 is 14.3 Å². The summed E-state index contributed by atoms with van der Waals surface area (Å²) in [5.41, 5.74) is 5.34. The van der Waals surface area contributed by atoms with Gasteiger partial charge >= 0.3 is 12.1 Å². The number of ether oxygens (including phenoxy) is 2. The number of likely N-dealkylation sites (tertiary alicyclic amines) is 1. The number of nitriles is 1. The molecule has 0 radical (unpaired) electrons. The van der Waals surface area contributed by atoms with E-state index in [0.29, 0.717) is 44.8 Å². The molecule has 0 spiro atoms. The fraction of sp³-hybridized carbons (Fsp3) is 0.636. The highest BCUT2D eigenvalue weighted by Gasteiger charge is 2.36. The van der Waals surface area contributed by atoms with Crippen molar-refractivity contribution in [3.63, 3.8) is 0 Å². The lowest BCUT2D eigenvalue weighted by molar-refractivity contribution is 0.0144. The summed E-state index contributed by atoms with van der Waals surface area (Å²) in [5, 5.41) is 9.65. The number of hydrogen-bond acceptors (Lipinski definition) is 9. The topological polar surface area (TPSA) is 98.1 Å². The smallest absolute Gasteiger partial charge is 0.410 e. The van der Waals surface area contributed by atoms with Crippen LogP contribution in [0.4, 0.5) is 16.3 Å². The molecule has 2 atom stereocenters. The van der Waals surface area contributed by atoms with Gasteiger partial charge in [0.1, 0.15) is 18.0 Å². The lowest BCUT2D eigenvalue weighted by Gasteiger charge is -2.42. The molecule has 3 aliphatic rings. The molecule has 4 heterocycles. The van der Waals surface area contributed by atoms with Gasteiger partial charge in [0.2, 0.25) is 0 Å². The number of rotatable bonds is 6. The minimum absolute atomic E-state index is 0.223. The molecule has 5 rings (SSSR count). The number of carbonyl (C=O) groups is 1. The largest absolute Gasteiger partial charge is 0.462 e. The van der Waals surface area contributed by atoms with E-state index in [-0.39, 0.29) is 18.6 Å². The minimum Gasteiger partial charge on any atom is -0.462 e. The summed E-state index contributed by atoms with van der Waals surface area (Å²) in [5.74, 6) is 0.870. The quantitative estimate of drug-likeness (QED) is 0.468. The van der Waals surface area contributed by atoms with Crippen molar-refractivity contribution in [1.82, 2.24) is 19.8 Å². The Hall–Kier alpha value is -3.58. The van der Waals surface area contributed by atoms with Gasteiger partial charge in [-0.2, -0.15) is 15.2 Å². The second kappa shape index (κ2) is 13.0. The third kappa shape index (κ3) is 7.15. The molecule has 1 aromatic heterocycles. The highest BCUT2D eigenvalue weighted by Crippen LogP contribution is 2.33. The van der Waals surface area contributed by atoms with Crippen molar-refractivity contribution in [2.75, 3.05) is 56.2 Å². The Morgan fingerprint density at radius 2 is 1.88 bits per heavy atom. The van der Waals surface area contributed by atoms with E-state index in [4.69, 9.17) is 19.4 Å². The summed E-state index contributed by atoms with van der Waals surface area (Å²) in [6.07, 6.45) is 3.96. The zero-order chi connectivity index (χ0) is 30.7. The van der Waals surface area contributed by atoms with Crippen molar-refractivity contribution in [2.24, 2.45) is 0 Å². The molecule has 2 fully saturated rings. The van der Waals surface area contributed by atoms with Crippen LogP contribution in [0.25, 0.3) is 0 Å². The first kappa shape index (κ1) is 30.9. The van der Waals surface area contributed by atoms with Gasteiger partial charge in [-0.25, -0.2) is 4.79 Å². The molecular formula is C33H47N7O3. The standard InChI is InChI=1S/C33H47N7O3/c1-23-10-7-13-29(24(23)2)38-17-9-12-27-28(21-38)35-31(42-22-26-11-8-16-37(26)6)36-30(27)39-18-19-40(25(20-39)14-15-34)32(41)43-33(3,4)5/h7,10,13,25-26H,8-9,11-12,14,16-22H2,1-6H3/t25?,26-/m0/s1. The van der Waals surface area contributed by atoms with Crippen LogP contribution in [0.3, 0.4) is 0 Å². The highest BCUT2D eigenvalue weighted by molar-refractivity contribution is 5.69. The summed E-state index contributed by atoms with van der Waals surface area (Å²) in [6.45, 7) is 14.7. The van der Waals surface area contributed by atoms with Crippen LogP contribution in [0.2, 0.25) is 0 Å². The number of fused-ring (bicyclic) bond motifs is 1. The number of aromatic nitrogens is 2. The van der Waals surface area contributed by atoms with Crippen LogP contribution in [0.1, 0.15) is 68.8 Å². The Balaban J connectivity index is 1.46. The molecule has 0 bridgehead atoms. The highest BCUT2D eigenvalue weighted by atomic mass is 16.6. The number of amides is 1. The minimum atomic E-state index is -0.601. The van der Waals surface area contributed by atoms with Gasteiger partial charge in [0.25, 0.3) is 0 Å². The normalized spacial score (nSPS) is 21.3. The lowest BCUT2D eigenvalue weighted by atomic mass is 10.1. The van der Waals surface area contributed by atoms with E-state index in [9.17, 15) is 10.1 Å². The predicted molar refractivity (Wildman–Crippen MR) is 168 cm³/mol. The summed E-state index contributed by atoms with van der Waals surface area (Å²) < 4.78 is 12.0. The lowest BCUT2D eigenvalue weighted by Crippen LogP contribution is -2.56. The first-order valence-electron chi connectivity index (χ1n) is 15.7. The number of piperazine rings is 1. The van der Waals surface area contributed by atoms with Gasteiger partial charge in [-0.1, -0.05) is 12.1 Å². The molecule has 10 nitrogen and oxygen atoms in total. The van der Waals surface area contributed by atoms with E-state index in [1.54, 1.807) is 4.90 Å². The summed E-state index contributed by atoms with van der Waals surface area (Å²) in [6, 6.07) is 9.23. The maximum atomic E-state index is 13.1. The SMILES string of the molecule is Cc1cccc(N2CCCc3c(nc(OC[C@@H]4CCCN4C)nc3N3CCN(C(=O)OC(C)(C)C)C(CC#N)C3)C2)c1C. The van der Waals surface area contributed by atoms with Crippen LogP contribution in [0, 0.1) is 25.2 Å². The summed E-state index contributed by atoms with van der Waals surface area (Å²) in [4.78, 5) is 31.8. The van der Waals surface area contributed by atoms with Gasteiger partial charge in [0.05, 0.1) is 30.8 Å². The van der Waals surface area contributed by atoms with Gasteiger partial charge in [0.15, 0.2) is 0 Å². The van der Waals surface area contributed by atoms with Crippen molar-refractivity contribution >= 4 is 17.6 Å². The zero-order valence-corrected chi connectivity index (χ0v) is 26.7. The molecule has 0 N–H and O–H groups in total. The van der Waals surface area contributed by atoms with Crippen LogP contribution in [0.15, 0.2) is 18.2 Å². The van der Waals surface area contributed by atoms with Gasteiger partial charge in [-0.15, -0.1) is 0 Å². The molecule has 0 saturated carbocycles. The van der Waals surface area contributed by atoms with Crippen molar-refractivity contribution in [3.8, 4) is 12.1 Å². The number of aryl methyl sites for hydroxylation is 1. The van der Waals surface area contributed by atoms with Gasteiger partial charge < -0.3 is 29.1 Å². The van der Waals surface area contributed by atoms with E-state index in [1.807, 2.05) is 20.8 Å². The number of nitrogens with zero attached hydrogens (tertiary/aromatic N) is 7. The molecule has 2 saturated heterocycles. The maximum absolute atomic E-state index is 13.1. The van der Waals surface area contributed by atoms with Crippen molar-refractivity contribution in [3.05, 3.63) is 40.6 Å². The van der Waals surface area contributed by atoms with E-state index >= 15 is 0 Å². The molecule has 43 heavy (non-hydrogen) atoms. The van der Waals surface area contributed by atoms with Crippen LogP contribution >= 0.6 is 0 Å². The fourth-order valence-corrected chi connectivity index (χ4v) is 6.45. The van der Waals surface area contributed by atoms with Gasteiger partial charge in [-0.3, -0.25) is 0 Å². The third-order valence-electron chi connectivity index (χ3n) is 8.98. The van der Waals surface area contributed by atoms with E-state index < -0.39 is 5.60 Å². The zero-order valence-electron chi connectivity index (χ0n) is 26.7. The molecule has 1 aromatic carbocycles. The maximum Gasteiger partial charge on any atom is 0.410 e.